The average molecular weight is 555 g/mol. The molecular weight excluding hydrogens is 518 g/mol. The van der Waals surface area contributed by atoms with Crippen molar-refractivity contribution in [2.24, 2.45) is 0 Å². The van der Waals surface area contributed by atoms with Crippen LogP contribution in [0.3, 0.4) is 0 Å². The minimum absolute atomic E-state index is 0.151. The highest BCUT2D eigenvalue weighted by Gasteiger charge is 2.32. The summed E-state index contributed by atoms with van der Waals surface area (Å²) in [5.41, 5.74) is 6.12. The third kappa shape index (κ3) is 5.06. The first kappa shape index (κ1) is 26.3. The molecule has 4 nitrogen and oxygen atoms in total. The molecule has 6 rings (SSSR count). The van der Waals surface area contributed by atoms with Crippen LogP contribution in [0.4, 0.5) is 5.69 Å². The summed E-state index contributed by atoms with van der Waals surface area (Å²) in [6, 6.07) is 21.6. The number of nitrogens with one attached hydrogen (secondary N) is 1. The molecule has 0 saturated carbocycles. The Balaban J connectivity index is 1.64. The van der Waals surface area contributed by atoms with Gasteiger partial charge in [-0.25, -0.2) is 4.98 Å². The number of nitrogens with zero attached hydrogens (tertiary/aromatic N) is 1. The van der Waals surface area contributed by atoms with Gasteiger partial charge in [0.25, 0.3) is 0 Å². The van der Waals surface area contributed by atoms with E-state index < -0.39 is 16.3 Å². The highest BCUT2D eigenvalue weighted by atomic mass is 31.1. The van der Waals surface area contributed by atoms with Crippen LogP contribution in [0.25, 0.3) is 21.8 Å². The lowest BCUT2D eigenvalue weighted by molar-refractivity contribution is 0.608. The molecule has 6 heteroatoms. The zero-order valence-electron chi connectivity index (χ0n) is 23.5. The maximum atomic E-state index is 6.99. The fourth-order valence-corrected chi connectivity index (χ4v) is 9.39. The standard InChI is InChI=1S/C33H36N2O2P2/c1-20(2)38-30-17-22(5)13-15-26(30)34-27-16-14-23(6)18-31(27)39(21(3)4)37-29-12-8-10-25-19-24-9-7-11-28(36-38)32(24)35-33(25)29/h7-15,17-21,27,34H,16H2,1-6H3. The van der Waals surface area contributed by atoms with Gasteiger partial charge in [-0.2, -0.15) is 0 Å². The van der Waals surface area contributed by atoms with E-state index in [-0.39, 0.29) is 6.04 Å². The summed E-state index contributed by atoms with van der Waals surface area (Å²) in [5, 5.41) is 8.72. The molecule has 39 heavy (non-hydrogen) atoms. The van der Waals surface area contributed by atoms with Gasteiger partial charge in [-0.3, -0.25) is 0 Å². The molecule has 2 heterocycles. The predicted octanol–water partition coefficient (Wildman–Crippen LogP) is 9.42. The number of pyridine rings is 1. The van der Waals surface area contributed by atoms with E-state index in [0.29, 0.717) is 11.3 Å². The number of hydrogen-bond donors (Lipinski definition) is 1. The summed E-state index contributed by atoms with van der Waals surface area (Å²) in [4.78, 5) is 5.23. The van der Waals surface area contributed by atoms with Crippen LogP contribution in [0.5, 0.6) is 11.5 Å². The summed E-state index contributed by atoms with van der Waals surface area (Å²) in [7, 11) is -1.90. The Morgan fingerprint density at radius 2 is 1.46 bits per heavy atom. The molecule has 1 aromatic heterocycles. The molecule has 4 aromatic rings. The molecule has 2 aliphatic rings. The smallest absolute Gasteiger partial charge is 0.150 e. The van der Waals surface area contributed by atoms with Crippen molar-refractivity contribution in [3.63, 3.8) is 0 Å². The Bertz CT molecular complexity index is 1630. The van der Waals surface area contributed by atoms with Crippen LogP contribution in [-0.4, -0.2) is 22.3 Å². The minimum Gasteiger partial charge on any atom is -0.467 e. The Hall–Kier alpha value is -2.93. The first-order valence-corrected chi connectivity index (χ1v) is 16.5. The van der Waals surface area contributed by atoms with Crippen molar-refractivity contribution in [3.05, 3.63) is 89.3 Å². The fraction of sp³-hybridized carbons (Fsp3) is 0.303. The van der Waals surface area contributed by atoms with Crippen LogP contribution >= 0.6 is 16.3 Å². The van der Waals surface area contributed by atoms with Gasteiger partial charge in [-0.05, 0) is 50.6 Å². The molecule has 0 fully saturated rings. The van der Waals surface area contributed by atoms with Gasteiger partial charge in [0.15, 0.2) is 0 Å². The van der Waals surface area contributed by atoms with Crippen molar-refractivity contribution in [1.29, 1.82) is 0 Å². The summed E-state index contributed by atoms with van der Waals surface area (Å²) in [5.74, 6) is 1.67. The molecule has 0 amide bonds. The SMILES string of the molecule is CC1=CCC2Nc3ccc(C)cc3P(C(C)C)Oc3cccc4cc5cccc(c5nc34)OP(C(C)C)C2=C1. The second kappa shape index (κ2) is 10.6. The fourth-order valence-electron chi connectivity index (χ4n) is 5.38. The Morgan fingerprint density at radius 3 is 2.10 bits per heavy atom. The lowest BCUT2D eigenvalue weighted by Gasteiger charge is -2.34. The molecule has 3 unspecified atom stereocenters. The minimum atomic E-state index is -0.971. The topological polar surface area (TPSA) is 43.4 Å². The van der Waals surface area contributed by atoms with E-state index in [1.807, 2.05) is 0 Å². The van der Waals surface area contributed by atoms with Gasteiger partial charge in [-0.15, -0.1) is 0 Å². The molecule has 0 radical (unpaired) electrons. The van der Waals surface area contributed by atoms with E-state index in [4.69, 9.17) is 14.0 Å². The van der Waals surface area contributed by atoms with E-state index >= 15 is 0 Å². The largest absolute Gasteiger partial charge is 0.467 e. The third-order valence-electron chi connectivity index (χ3n) is 7.31. The highest BCUT2D eigenvalue weighted by molar-refractivity contribution is 7.62. The number of aromatic nitrogens is 1. The quantitative estimate of drug-likeness (QED) is 0.198. The number of anilines is 1. The van der Waals surface area contributed by atoms with Gasteiger partial charge in [0.2, 0.25) is 0 Å². The Morgan fingerprint density at radius 1 is 0.821 bits per heavy atom. The van der Waals surface area contributed by atoms with E-state index in [1.165, 1.54) is 21.8 Å². The molecule has 0 saturated heterocycles. The third-order valence-corrected chi connectivity index (χ3v) is 11.8. The average Bonchev–Trinajstić information content (AvgIpc) is 2.90. The molecule has 0 spiro atoms. The number of allylic oxidation sites excluding steroid dienone is 2. The number of hydrogen-bond acceptors (Lipinski definition) is 4. The number of benzene rings is 3. The van der Waals surface area contributed by atoms with E-state index in [1.54, 1.807) is 0 Å². The normalized spacial score (nSPS) is 21.1. The molecule has 3 aromatic carbocycles. The second-order valence-electron chi connectivity index (χ2n) is 11.1. The van der Waals surface area contributed by atoms with Crippen molar-refractivity contribution in [3.8, 4) is 11.5 Å². The van der Waals surface area contributed by atoms with Gasteiger partial charge in [-0.1, -0.05) is 81.3 Å². The molecule has 1 aliphatic heterocycles. The first-order chi connectivity index (χ1) is 18.8. The summed E-state index contributed by atoms with van der Waals surface area (Å²) in [6.07, 6.45) is 5.61. The van der Waals surface area contributed by atoms with E-state index in [0.717, 1.165) is 45.4 Å². The van der Waals surface area contributed by atoms with Gasteiger partial charge < -0.3 is 14.4 Å². The Kier molecular flexibility index (Phi) is 7.13. The molecule has 3 atom stereocenters. The van der Waals surface area contributed by atoms with E-state index in [9.17, 15) is 0 Å². The first-order valence-electron chi connectivity index (χ1n) is 13.8. The summed E-state index contributed by atoms with van der Waals surface area (Å²) in [6.45, 7) is 13.4. The van der Waals surface area contributed by atoms with Gasteiger partial charge in [0.05, 0.1) is 6.04 Å². The number of rotatable bonds is 2. The number of aryl methyl sites for hydroxylation is 1. The van der Waals surface area contributed by atoms with Crippen LogP contribution in [0, 0.1) is 6.92 Å². The van der Waals surface area contributed by atoms with Gasteiger partial charge in [0.1, 0.15) is 38.8 Å². The van der Waals surface area contributed by atoms with E-state index in [2.05, 4.69) is 120 Å². The molecule has 200 valence electrons. The maximum absolute atomic E-state index is 6.99. The van der Waals surface area contributed by atoms with Crippen LogP contribution < -0.4 is 19.7 Å². The lowest BCUT2D eigenvalue weighted by atomic mass is 10.0. The monoisotopic (exact) mass is 554 g/mol. The van der Waals surface area contributed by atoms with Crippen LogP contribution in [-0.2, 0) is 0 Å². The molecule has 2 bridgehead atoms. The zero-order valence-corrected chi connectivity index (χ0v) is 25.3. The second-order valence-corrected chi connectivity index (χ2v) is 15.9. The number of fused-ring (bicyclic) bond motifs is 2. The molecule has 1 N–H and O–H groups in total. The molecule has 1 aliphatic carbocycles. The Labute approximate surface area is 234 Å². The van der Waals surface area contributed by atoms with Crippen LogP contribution in [0.1, 0.15) is 46.6 Å². The highest BCUT2D eigenvalue weighted by Crippen LogP contribution is 2.55. The maximum Gasteiger partial charge on any atom is 0.150 e. The van der Waals surface area contributed by atoms with Gasteiger partial charge in [0, 0.05) is 38.4 Å². The van der Waals surface area contributed by atoms with Crippen LogP contribution in [0.15, 0.2) is 83.7 Å². The lowest BCUT2D eigenvalue weighted by Crippen LogP contribution is -2.28. The zero-order chi connectivity index (χ0) is 27.3. The van der Waals surface area contributed by atoms with Crippen molar-refractivity contribution in [2.45, 2.75) is 65.3 Å². The van der Waals surface area contributed by atoms with Gasteiger partial charge >= 0.3 is 0 Å². The molecular formula is C33H36N2O2P2. The van der Waals surface area contributed by atoms with Crippen molar-refractivity contribution in [2.75, 3.05) is 5.32 Å². The summed E-state index contributed by atoms with van der Waals surface area (Å²) < 4.78 is 14.0. The van der Waals surface area contributed by atoms with Crippen molar-refractivity contribution >= 4 is 49.1 Å². The summed E-state index contributed by atoms with van der Waals surface area (Å²) >= 11 is 0. The number of para-hydroxylation sites is 2. The predicted molar refractivity (Wildman–Crippen MR) is 169 cm³/mol. The van der Waals surface area contributed by atoms with Crippen LogP contribution in [0.2, 0.25) is 0 Å². The van der Waals surface area contributed by atoms with Crippen molar-refractivity contribution in [1.82, 2.24) is 4.98 Å². The van der Waals surface area contributed by atoms with Crippen molar-refractivity contribution < 1.29 is 9.05 Å².